The van der Waals surface area contributed by atoms with Crippen molar-refractivity contribution in [2.45, 2.75) is 33.3 Å². The maximum absolute atomic E-state index is 7.88. The SMILES string of the molecule is [2H]C([2H])(C)n1cc(-c2cnc3ccc(N(CCNC(C)C)c4cc(OC)cc(OC)c4)cc3n2)cn1. The molecule has 0 fully saturated rings. The van der Waals surface area contributed by atoms with Gasteiger partial charge in [-0.25, -0.2) is 4.98 Å². The number of nitrogens with zero attached hydrogens (tertiary/aromatic N) is 5. The normalized spacial score (nSPS) is 12.5. The Balaban J connectivity index is 1.74. The van der Waals surface area contributed by atoms with Crippen LogP contribution in [-0.4, -0.2) is 53.1 Å². The topological polar surface area (TPSA) is 77.3 Å². The molecule has 2 aromatic heterocycles. The molecule has 0 aliphatic heterocycles. The molecule has 0 bridgehead atoms. The summed E-state index contributed by atoms with van der Waals surface area (Å²) < 4.78 is 28.1. The van der Waals surface area contributed by atoms with Gasteiger partial charge in [0.1, 0.15) is 11.5 Å². The summed E-state index contributed by atoms with van der Waals surface area (Å²) in [5.41, 5.74) is 4.72. The number of nitrogens with one attached hydrogen (secondary N) is 1. The van der Waals surface area contributed by atoms with Gasteiger partial charge in [-0.15, -0.1) is 0 Å². The van der Waals surface area contributed by atoms with Crippen molar-refractivity contribution in [2.75, 3.05) is 32.2 Å². The Morgan fingerprint density at radius 2 is 1.79 bits per heavy atom. The zero-order chi connectivity index (χ0) is 25.9. The number of methoxy groups -OCH3 is 2. The highest BCUT2D eigenvalue weighted by atomic mass is 16.5. The van der Waals surface area contributed by atoms with Gasteiger partial charge < -0.3 is 19.7 Å². The van der Waals surface area contributed by atoms with Gasteiger partial charge in [-0.3, -0.25) is 9.67 Å². The van der Waals surface area contributed by atoms with Crippen molar-refractivity contribution in [3.05, 3.63) is 55.0 Å². The third-order valence-corrected chi connectivity index (χ3v) is 5.48. The van der Waals surface area contributed by atoms with E-state index in [0.717, 1.165) is 29.0 Å². The summed E-state index contributed by atoms with van der Waals surface area (Å²) >= 11 is 0. The lowest BCUT2D eigenvalue weighted by Gasteiger charge is -2.27. The molecule has 0 aliphatic rings. The van der Waals surface area contributed by atoms with Gasteiger partial charge in [0.2, 0.25) is 0 Å². The molecule has 0 saturated carbocycles. The minimum atomic E-state index is -1.60. The highest BCUT2D eigenvalue weighted by Crippen LogP contribution is 2.34. The van der Waals surface area contributed by atoms with Crippen LogP contribution in [0.15, 0.2) is 55.0 Å². The van der Waals surface area contributed by atoms with Crippen LogP contribution in [0.1, 0.15) is 23.5 Å². The molecule has 8 heteroatoms. The molecule has 0 aliphatic carbocycles. The number of benzene rings is 2. The van der Waals surface area contributed by atoms with E-state index in [9.17, 15) is 0 Å². The van der Waals surface area contributed by atoms with Gasteiger partial charge in [-0.1, -0.05) is 13.8 Å². The number of hydrogen-bond donors (Lipinski definition) is 1. The van der Waals surface area contributed by atoms with E-state index in [1.54, 1.807) is 32.8 Å². The fourth-order valence-corrected chi connectivity index (χ4v) is 3.70. The molecule has 4 aromatic rings. The first-order valence-electron chi connectivity index (χ1n) is 12.2. The minimum absolute atomic E-state index is 0.368. The Labute approximate surface area is 203 Å². The third kappa shape index (κ3) is 5.28. The highest BCUT2D eigenvalue weighted by Gasteiger charge is 2.15. The number of fused-ring (bicyclic) bond motifs is 1. The summed E-state index contributed by atoms with van der Waals surface area (Å²) in [7, 11) is 3.28. The fraction of sp³-hybridized carbons (Fsp3) is 0.346. The van der Waals surface area contributed by atoms with Gasteiger partial charge in [0.15, 0.2) is 0 Å². The molecule has 0 amide bonds. The summed E-state index contributed by atoms with van der Waals surface area (Å²) in [5.74, 6) is 1.42. The average molecular weight is 463 g/mol. The van der Waals surface area contributed by atoms with Crippen molar-refractivity contribution in [3.63, 3.8) is 0 Å². The van der Waals surface area contributed by atoms with E-state index >= 15 is 0 Å². The monoisotopic (exact) mass is 462 g/mol. The second-order valence-electron chi connectivity index (χ2n) is 8.16. The molecule has 34 heavy (non-hydrogen) atoms. The lowest BCUT2D eigenvalue weighted by molar-refractivity contribution is 0.394. The molecule has 0 saturated heterocycles. The van der Waals surface area contributed by atoms with Crippen LogP contribution < -0.4 is 19.7 Å². The van der Waals surface area contributed by atoms with Crippen LogP contribution in [0.3, 0.4) is 0 Å². The molecule has 2 aromatic carbocycles. The smallest absolute Gasteiger partial charge is 0.124 e. The van der Waals surface area contributed by atoms with Gasteiger partial charge in [-0.2, -0.15) is 5.10 Å². The lowest BCUT2D eigenvalue weighted by atomic mass is 10.2. The Kier molecular flexibility index (Phi) is 6.47. The van der Waals surface area contributed by atoms with Gasteiger partial charge in [0, 0.05) is 67.0 Å². The number of aryl methyl sites for hydroxylation is 1. The van der Waals surface area contributed by atoms with Crippen LogP contribution in [0.25, 0.3) is 22.3 Å². The standard InChI is InChI=1S/C26H32N6O2/c1-6-31-17-19(15-29-31)26-16-28-24-8-7-20(13-25(24)30-26)32(10-9-27-18(2)3)21-11-22(33-4)14-23(12-21)34-5/h7-8,11-18,27H,6,9-10H2,1-5H3/i6D2. The zero-order valence-corrected chi connectivity index (χ0v) is 20.2. The molecule has 0 unspecified atom stereocenters. The van der Waals surface area contributed by atoms with Crippen molar-refractivity contribution in [2.24, 2.45) is 0 Å². The molecule has 0 spiro atoms. The molecular formula is C26H32N6O2. The zero-order valence-electron chi connectivity index (χ0n) is 22.2. The van der Waals surface area contributed by atoms with E-state index in [1.165, 1.54) is 11.6 Å². The minimum Gasteiger partial charge on any atom is -0.497 e. The third-order valence-electron chi connectivity index (χ3n) is 5.48. The van der Waals surface area contributed by atoms with Crippen molar-refractivity contribution < 1.29 is 12.2 Å². The summed E-state index contributed by atoms with van der Waals surface area (Å²) in [4.78, 5) is 11.6. The van der Waals surface area contributed by atoms with Crippen LogP contribution >= 0.6 is 0 Å². The molecular weight excluding hydrogens is 428 g/mol. The van der Waals surface area contributed by atoms with Crippen LogP contribution in [0.2, 0.25) is 0 Å². The van der Waals surface area contributed by atoms with E-state index in [0.29, 0.717) is 35.3 Å². The molecule has 8 nitrogen and oxygen atoms in total. The average Bonchev–Trinajstić information content (AvgIpc) is 3.37. The van der Waals surface area contributed by atoms with E-state index in [4.69, 9.17) is 17.2 Å². The van der Waals surface area contributed by atoms with Crippen molar-refractivity contribution in [1.29, 1.82) is 0 Å². The summed E-state index contributed by atoms with van der Waals surface area (Å²) in [6.45, 7) is 5.59. The molecule has 0 atom stereocenters. The summed E-state index contributed by atoms with van der Waals surface area (Å²) in [6, 6.07) is 12.2. The number of aromatic nitrogens is 4. The van der Waals surface area contributed by atoms with Gasteiger partial charge in [0.05, 0.1) is 46.1 Å². The summed E-state index contributed by atoms with van der Waals surface area (Å²) in [6.07, 6.45) is 4.94. The first kappa shape index (κ1) is 20.9. The van der Waals surface area contributed by atoms with Crippen LogP contribution in [0, 0.1) is 0 Å². The molecule has 178 valence electrons. The second-order valence-corrected chi connectivity index (χ2v) is 8.16. The van der Waals surface area contributed by atoms with Crippen molar-refractivity contribution in [3.8, 4) is 22.8 Å². The van der Waals surface area contributed by atoms with E-state index in [-0.39, 0.29) is 0 Å². The van der Waals surface area contributed by atoms with E-state index in [1.807, 2.05) is 36.4 Å². The lowest BCUT2D eigenvalue weighted by Crippen LogP contribution is -2.32. The van der Waals surface area contributed by atoms with Crippen LogP contribution in [-0.2, 0) is 6.50 Å². The first-order valence-corrected chi connectivity index (χ1v) is 11.2. The molecule has 0 radical (unpaired) electrons. The van der Waals surface area contributed by atoms with Gasteiger partial charge >= 0.3 is 0 Å². The number of anilines is 2. The highest BCUT2D eigenvalue weighted by molar-refractivity contribution is 5.82. The van der Waals surface area contributed by atoms with Gasteiger partial charge in [-0.05, 0) is 25.1 Å². The van der Waals surface area contributed by atoms with Crippen molar-refractivity contribution >= 4 is 22.4 Å². The Hall–Kier alpha value is -3.65. The maximum Gasteiger partial charge on any atom is 0.124 e. The number of hydrogen-bond acceptors (Lipinski definition) is 7. The van der Waals surface area contributed by atoms with E-state index < -0.39 is 6.50 Å². The number of ether oxygens (including phenoxy) is 2. The summed E-state index contributed by atoms with van der Waals surface area (Å²) in [5, 5.41) is 7.63. The predicted octanol–water partition coefficient (Wildman–Crippen LogP) is 4.67. The fourth-order valence-electron chi connectivity index (χ4n) is 3.70. The van der Waals surface area contributed by atoms with Crippen LogP contribution in [0.5, 0.6) is 11.5 Å². The number of rotatable bonds is 10. The Bertz CT molecular complexity index is 1310. The molecule has 2 heterocycles. The van der Waals surface area contributed by atoms with Crippen LogP contribution in [0.4, 0.5) is 11.4 Å². The largest absolute Gasteiger partial charge is 0.497 e. The molecule has 4 rings (SSSR count). The Morgan fingerprint density at radius 1 is 1.03 bits per heavy atom. The first-order chi connectivity index (χ1) is 17.2. The van der Waals surface area contributed by atoms with E-state index in [2.05, 4.69) is 34.1 Å². The second kappa shape index (κ2) is 10.5. The predicted molar refractivity (Wildman–Crippen MR) is 136 cm³/mol. The van der Waals surface area contributed by atoms with Crippen molar-refractivity contribution in [1.82, 2.24) is 25.1 Å². The molecule has 1 N–H and O–H groups in total. The maximum atomic E-state index is 7.88. The quantitative estimate of drug-likeness (QED) is 0.367. The van der Waals surface area contributed by atoms with Gasteiger partial charge in [0.25, 0.3) is 0 Å². The Morgan fingerprint density at radius 3 is 2.44 bits per heavy atom.